The molecule has 0 radical (unpaired) electrons. The largest absolute Gasteiger partial charge is 0.490 e. The molecule has 1 unspecified atom stereocenters. The predicted molar refractivity (Wildman–Crippen MR) is 72.4 cm³/mol. The van der Waals surface area contributed by atoms with Gasteiger partial charge in [-0.1, -0.05) is 39.8 Å². The van der Waals surface area contributed by atoms with Crippen LogP contribution in [0.2, 0.25) is 0 Å². The number of rotatable bonds is 0. The highest BCUT2D eigenvalue weighted by Crippen LogP contribution is 2.34. The summed E-state index contributed by atoms with van der Waals surface area (Å²) < 4.78 is 5.72. The maximum Gasteiger partial charge on any atom is 0.126 e. The fraction of sp³-hybridized carbons (Fsp3) is 0.600. The van der Waals surface area contributed by atoms with Crippen molar-refractivity contribution < 1.29 is 4.74 Å². The van der Waals surface area contributed by atoms with Crippen LogP contribution in [-0.2, 0) is 6.42 Å². The molecule has 0 saturated carbocycles. The van der Waals surface area contributed by atoms with Gasteiger partial charge in [0.05, 0.1) is 0 Å². The van der Waals surface area contributed by atoms with Crippen LogP contribution in [0.15, 0.2) is 12.1 Å². The molecule has 1 aromatic carbocycles. The lowest BCUT2D eigenvalue weighted by molar-refractivity contribution is 0.253. The zero-order valence-electron chi connectivity index (χ0n) is 11.8. The smallest absolute Gasteiger partial charge is 0.126 e. The van der Waals surface area contributed by atoms with Crippen LogP contribution in [0.3, 0.4) is 0 Å². The third-order valence-electron chi connectivity index (χ3n) is 2.50. The summed E-state index contributed by atoms with van der Waals surface area (Å²) in [5.41, 5.74) is 4.03. The first kappa shape index (κ1) is 15.0. The topological polar surface area (TPSA) is 9.23 Å². The van der Waals surface area contributed by atoms with Crippen molar-refractivity contribution in [3.63, 3.8) is 0 Å². The molecule has 1 atom stereocenters. The summed E-state index contributed by atoms with van der Waals surface area (Å²) in [4.78, 5) is 0. The van der Waals surface area contributed by atoms with E-state index in [9.17, 15) is 0 Å². The third-order valence-corrected chi connectivity index (χ3v) is 2.50. The van der Waals surface area contributed by atoms with E-state index in [1.54, 1.807) is 0 Å². The van der Waals surface area contributed by atoms with E-state index in [0.29, 0.717) is 6.10 Å². The third kappa shape index (κ3) is 3.26. The molecule has 1 aliphatic heterocycles. The van der Waals surface area contributed by atoms with Crippen molar-refractivity contribution in [2.24, 2.45) is 0 Å². The van der Waals surface area contributed by atoms with Crippen molar-refractivity contribution in [1.29, 1.82) is 0 Å². The van der Waals surface area contributed by atoms with E-state index in [-0.39, 0.29) is 0 Å². The quantitative estimate of drug-likeness (QED) is 0.619. The Balaban J connectivity index is 0.000000509. The summed E-state index contributed by atoms with van der Waals surface area (Å²) >= 11 is 0. The number of aryl methyl sites for hydroxylation is 2. The first-order chi connectivity index (χ1) is 7.68. The number of fused-ring (bicyclic) bond motifs is 1. The molecule has 1 heterocycles. The Labute approximate surface area is 101 Å². The van der Waals surface area contributed by atoms with Crippen molar-refractivity contribution in [1.82, 2.24) is 0 Å². The lowest BCUT2D eigenvalue weighted by Gasteiger charge is -2.06. The van der Waals surface area contributed by atoms with Crippen molar-refractivity contribution in [2.75, 3.05) is 0 Å². The molecule has 0 spiro atoms. The molecule has 0 fully saturated rings. The molecule has 0 bridgehead atoms. The minimum atomic E-state index is 0.361. The SMILES string of the molecule is CC.CC.Cc1ccc(C)c2c1CC(C)O2. The van der Waals surface area contributed by atoms with Gasteiger partial charge in [-0.15, -0.1) is 0 Å². The molecular weight excluding hydrogens is 196 g/mol. The zero-order valence-corrected chi connectivity index (χ0v) is 11.8. The molecule has 0 saturated heterocycles. The van der Waals surface area contributed by atoms with E-state index < -0.39 is 0 Å². The summed E-state index contributed by atoms with van der Waals surface area (Å²) in [7, 11) is 0. The average Bonchev–Trinajstić information content (AvgIpc) is 2.72. The molecule has 1 nitrogen and oxygen atoms in total. The van der Waals surface area contributed by atoms with Gasteiger partial charge in [0.1, 0.15) is 11.9 Å². The van der Waals surface area contributed by atoms with E-state index in [0.717, 1.165) is 12.2 Å². The minimum Gasteiger partial charge on any atom is -0.490 e. The van der Waals surface area contributed by atoms with Crippen LogP contribution in [0.4, 0.5) is 0 Å². The van der Waals surface area contributed by atoms with Crippen LogP contribution < -0.4 is 4.74 Å². The summed E-state index contributed by atoms with van der Waals surface area (Å²) in [6.07, 6.45) is 1.43. The fourth-order valence-electron chi connectivity index (χ4n) is 1.79. The van der Waals surface area contributed by atoms with Crippen molar-refractivity contribution in [3.8, 4) is 5.75 Å². The fourth-order valence-corrected chi connectivity index (χ4v) is 1.79. The van der Waals surface area contributed by atoms with Crippen molar-refractivity contribution >= 4 is 0 Å². The monoisotopic (exact) mass is 222 g/mol. The second kappa shape index (κ2) is 7.32. The van der Waals surface area contributed by atoms with Gasteiger partial charge in [-0.25, -0.2) is 0 Å². The minimum absolute atomic E-state index is 0.361. The Morgan fingerprint density at radius 3 is 2.00 bits per heavy atom. The zero-order chi connectivity index (χ0) is 12.7. The van der Waals surface area contributed by atoms with E-state index >= 15 is 0 Å². The molecule has 92 valence electrons. The van der Waals surface area contributed by atoms with Gasteiger partial charge >= 0.3 is 0 Å². The Kier molecular flexibility index (Phi) is 6.87. The number of hydrogen-bond donors (Lipinski definition) is 0. The Morgan fingerprint density at radius 1 is 1.00 bits per heavy atom. The maximum absolute atomic E-state index is 5.72. The first-order valence-electron chi connectivity index (χ1n) is 6.44. The molecule has 1 heteroatoms. The van der Waals surface area contributed by atoms with Gasteiger partial charge in [-0.2, -0.15) is 0 Å². The second-order valence-electron chi connectivity index (χ2n) is 3.64. The first-order valence-corrected chi connectivity index (χ1v) is 6.44. The molecule has 0 aromatic heterocycles. The van der Waals surface area contributed by atoms with Gasteiger partial charge in [-0.05, 0) is 31.9 Å². The van der Waals surface area contributed by atoms with Gasteiger partial charge < -0.3 is 4.74 Å². The molecular formula is C15H26O. The number of ether oxygens (including phenoxy) is 1. The highest BCUT2D eigenvalue weighted by Gasteiger charge is 2.21. The van der Waals surface area contributed by atoms with Gasteiger partial charge in [0.2, 0.25) is 0 Å². The van der Waals surface area contributed by atoms with Gasteiger partial charge in [0.15, 0.2) is 0 Å². The molecule has 1 aromatic rings. The Hall–Kier alpha value is -0.980. The average molecular weight is 222 g/mol. The van der Waals surface area contributed by atoms with E-state index in [2.05, 4.69) is 32.9 Å². The van der Waals surface area contributed by atoms with Crippen LogP contribution in [0.1, 0.15) is 51.3 Å². The normalized spacial score (nSPS) is 16.1. The molecule has 16 heavy (non-hydrogen) atoms. The van der Waals surface area contributed by atoms with E-state index in [4.69, 9.17) is 4.74 Å². The molecule has 0 aliphatic carbocycles. The van der Waals surface area contributed by atoms with E-state index in [1.807, 2.05) is 27.7 Å². The van der Waals surface area contributed by atoms with Gasteiger partial charge in [0, 0.05) is 12.0 Å². The van der Waals surface area contributed by atoms with E-state index in [1.165, 1.54) is 16.7 Å². The second-order valence-corrected chi connectivity index (χ2v) is 3.64. The lowest BCUT2D eigenvalue weighted by Crippen LogP contribution is -2.05. The summed E-state index contributed by atoms with van der Waals surface area (Å²) in [5, 5.41) is 0. The molecule has 0 amide bonds. The highest BCUT2D eigenvalue weighted by atomic mass is 16.5. The van der Waals surface area contributed by atoms with Crippen molar-refractivity contribution in [3.05, 3.63) is 28.8 Å². The predicted octanol–water partition coefficient (Wildman–Crippen LogP) is 4.68. The molecule has 0 N–H and O–H groups in total. The maximum atomic E-state index is 5.72. The van der Waals surface area contributed by atoms with Crippen LogP contribution >= 0.6 is 0 Å². The Bertz CT molecular complexity index is 284. The summed E-state index contributed by atoms with van der Waals surface area (Å²) in [6.45, 7) is 14.4. The number of hydrogen-bond acceptors (Lipinski definition) is 1. The molecule has 1 aliphatic rings. The van der Waals surface area contributed by atoms with Gasteiger partial charge in [0.25, 0.3) is 0 Å². The van der Waals surface area contributed by atoms with Crippen molar-refractivity contribution in [2.45, 2.75) is 61.0 Å². The standard InChI is InChI=1S/C11H14O.2C2H6/c1-7-4-5-8(2)11-10(7)6-9(3)12-11;2*1-2/h4-5,9H,6H2,1-3H3;2*1-2H3. The summed E-state index contributed by atoms with van der Waals surface area (Å²) in [5.74, 6) is 1.13. The van der Waals surface area contributed by atoms with Gasteiger partial charge in [-0.3, -0.25) is 0 Å². The lowest BCUT2D eigenvalue weighted by atomic mass is 10.0. The van der Waals surface area contributed by atoms with Crippen LogP contribution in [0.25, 0.3) is 0 Å². The number of benzene rings is 1. The summed E-state index contributed by atoms with van der Waals surface area (Å²) in [6, 6.07) is 4.31. The molecule has 2 rings (SSSR count). The van der Waals surface area contributed by atoms with Crippen LogP contribution in [0, 0.1) is 13.8 Å². The van der Waals surface area contributed by atoms with Crippen LogP contribution in [-0.4, -0.2) is 6.10 Å². The van der Waals surface area contributed by atoms with Crippen LogP contribution in [0.5, 0.6) is 5.75 Å². The Morgan fingerprint density at radius 2 is 1.50 bits per heavy atom. The highest BCUT2D eigenvalue weighted by molar-refractivity contribution is 5.48.